The van der Waals surface area contributed by atoms with Gasteiger partial charge in [0.15, 0.2) is 0 Å². The first-order valence-corrected chi connectivity index (χ1v) is 11.2. The predicted molar refractivity (Wildman–Crippen MR) is 131 cm³/mol. The van der Waals surface area contributed by atoms with Crippen molar-refractivity contribution in [2.45, 2.75) is 38.9 Å². The lowest BCUT2D eigenvalue weighted by Gasteiger charge is -2.35. The molecule has 4 rings (SSSR count). The van der Waals surface area contributed by atoms with Gasteiger partial charge in [0.05, 0.1) is 6.61 Å². The predicted octanol–water partition coefficient (Wildman–Crippen LogP) is 5.25. The molecule has 6 nitrogen and oxygen atoms in total. The van der Waals surface area contributed by atoms with E-state index in [2.05, 4.69) is 40.3 Å². The molecule has 0 bridgehead atoms. The van der Waals surface area contributed by atoms with Gasteiger partial charge in [0.1, 0.15) is 5.60 Å². The normalized spacial score (nSPS) is 13.9. The van der Waals surface area contributed by atoms with Gasteiger partial charge in [0.2, 0.25) is 6.10 Å². The molecule has 0 aliphatic carbocycles. The molecule has 0 spiro atoms. The van der Waals surface area contributed by atoms with Gasteiger partial charge in [0, 0.05) is 11.4 Å². The Morgan fingerprint density at radius 1 is 0.912 bits per heavy atom. The average molecular weight is 457 g/mol. The summed E-state index contributed by atoms with van der Waals surface area (Å²) in [6, 6.07) is 25.6. The van der Waals surface area contributed by atoms with Crippen molar-refractivity contribution < 1.29 is 19.4 Å². The third kappa shape index (κ3) is 5.24. The van der Waals surface area contributed by atoms with E-state index >= 15 is 0 Å². The van der Waals surface area contributed by atoms with E-state index in [4.69, 9.17) is 9.47 Å². The second kappa shape index (κ2) is 10.0. The number of hydrogen-bond donors (Lipinski definition) is 1. The molecule has 0 amide bonds. The van der Waals surface area contributed by atoms with Crippen LogP contribution < -0.4 is 4.74 Å². The first kappa shape index (κ1) is 23.4. The molecule has 0 aliphatic rings. The molecule has 0 saturated heterocycles. The summed E-state index contributed by atoms with van der Waals surface area (Å²) in [5.41, 5.74) is 1.94. The number of aromatic nitrogens is 2. The highest BCUT2D eigenvalue weighted by atomic mass is 16.6. The Morgan fingerprint density at radius 2 is 1.56 bits per heavy atom. The average Bonchev–Trinajstić information content (AvgIpc) is 2.82. The van der Waals surface area contributed by atoms with Gasteiger partial charge in [-0.25, -0.2) is 14.8 Å². The Hall–Kier alpha value is -3.77. The second-order valence-corrected chi connectivity index (χ2v) is 8.52. The van der Waals surface area contributed by atoms with Crippen molar-refractivity contribution in [3.8, 4) is 6.01 Å². The zero-order chi connectivity index (χ0) is 24.1. The number of nitrogens with zero attached hydrogens (tertiary/aromatic N) is 2. The van der Waals surface area contributed by atoms with Crippen LogP contribution in [0.2, 0.25) is 0 Å². The van der Waals surface area contributed by atoms with Crippen LogP contribution >= 0.6 is 0 Å². The first-order valence-electron chi connectivity index (χ1n) is 11.2. The summed E-state index contributed by atoms with van der Waals surface area (Å²) in [7, 11) is 0. The lowest BCUT2D eigenvalue weighted by atomic mass is 9.89. The van der Waals surface area contributed by atoms with Crippen molar-refractivity contribution in [1.82, 2.24) is 9.97 Å². The monoisotopic (exact) mass is 456 g/mol. The van der Waals surface area contributed by atoms with Crippen LogP contribution in [0.25, 0.3) is 10.8 Å². The van der Waals surface area contributed by atoms with Gasteiger partial charge in [-0.15, -0.1) is 0 Å². The van der Waals surface area contributed by atoms with E-state index in [0.29, 0.717) is 30.0 Å². The van der Waals surface area contributed by atoms with Crippen LogP contribution in [0.3, 0.4) is 0 Å². The number of carbonyl (C=O) groups is 1. The van der Waals surface area contributed by atoms with Crippen LogP contribution in [0.4, 0.5) is 0 Å². The zero-order valence-electron chi connectivity index (χ0n) is 19.6. The van der Waals surface area contributed by atoms with Crippen molar-refractivity contribution in [3.63, 3.8) is 0 Å². The van der Waals surface area contributed by atoms with Gasteiger partial charge in [0.25, 0.3) is 0 Å². The fourth-order valence-corrected chi connectivity index (χ4v) is 4.10. The Labute approximate surface area is 199 Å². The second-order valence-electron chi connectivity index (χ2n) is 8.52. The number of carboxylic acid groups (broad SMARTS) is 1. The van der Waals surface area contributed by atoms with E-state index in [1.807, 2.05) is 56.3 Å². The van der Waals surface area contributed by atoms with Gasteiger partial charge < -0.3 is 14.6 Å². The van der Waals surface area contributed by atoms with Crippen molar-refractivity contribution in [1.29, 1.82) is 0 Å². The van der Waals surface area contributed by atoms with Crippen LogP contribution in [-0.4, -0.2) is 33.8 Å². The number of aryl methyl sites for hydroxylation is 2. The SMILES string of the molecule is Cc1cc(C)nc(O[C@H](C(=O)O)[C@@](C)(OCCc2ccc3ccccc3c2)c2ccccc2)n1. The fourth-order valence-electron chi connectivity index (χ4n) is 4.10. The number of fused-ring (bicyclic) bond motifs is 1. The topological polar surface area (TPSA) is 81.5 Å². The standard InChI is InChI=1S/C28H28N2O4/c1-19-17-20(2)30-27(29-19)34-25(26(31)32)28(3,24-11-5-4-6-12-24)33-16-15-21-13-14-22-9-7-8-10-23(22)18-21/h4-14,17-18,25H,15-16H2,1-3H3,(H,31,32)/t25-,28+/m1/s1. The highest BCUT2D eigenvalue weighted by Gasteiger charge is 2.44. The maximum absolute atomic E-state index is 12.4. The van der Waals surface area contributed by atoms with E-state index in [9.17, 15) is 9.90 Å². The van der Waals surface area contributed by atoms with Crippen molar-refractivity contribution in [3.05, 3.63) is 101 Å². The van der Waals surface area contributed by atoms with E-state index in [1.165, 1.54) is 5.39 Å². The minimum Gasteiger partial charge on any atom is -0.478 e. The maximum atomic E-state index is 12.4. The molecule has 4 aromatic rings. The van der Waals surface area contributed by atoms with Crippen molar-refractivity contribution in [2.75, 3.05) is 6.61 Å². The molecule has 0 unspecified atom stereocenters. The molecule has 0 radical (unpaired) electrons. The highest BCUT2D eigenvalue weighted by Crippen LogP contribution is 2.32. The summed E-state index contributed by atoms with van der Waals surface area (Å²) in [5, 5.41) is 12.5. The summed E-state index contributed by atoms with van der Waals surface area (Å²) in [4.78, 5) is 20.9. The van der Waals surface area contributed by atoms with Gasteiger partial charge in [-0.05, 0) is 55.2 Å². The molecule has 3 aromatic carbocycles. The summed E-state index contributed by atoms with van der Waals surface area (Å²) in [6.45, 7) is 5.68. The van der Waals surface area contributed by atoms with E-state index in [-0.39, 0.29) is 6.01 Å². The highest BCUT2D eigenvalue weighted by molar-refractivity contribution is 5.83. The number of ether oxygens (including phenoxy) is 2. The van der Waals surface area contributed by atoms with E-state index in [1.54, 1.807) is 13.0 Å². The van der Waals surface area contributed by atoms with Crippen LogP contribution in [0.1, 0.15) is 29.4 Å². The van der Waals surface area contributed by atoms with Gasteiger partial charge >= 0.3 is 12.0 Å². The lowest BCUT2D eigenvalue weighted by Crippen LogP contribution is -2.49. The molecule has 174 valence electrons. The van der Waals surface area contributed by atoms with Gasteiger partial charge in [-0.2, -0.15) is 0 Å². The third-order valence-corrected chi connectivity index (χ3v) is 5.86. The molecule has 1 heterocycles. The quantitative estimate of drug-likeness (QED) is 0.370. The molecule has 0 fully saturated rings. The van der Waals surface area contributed by atoms with Gasteiger partial charge in [-0.3, -0.25) is 0 Å². The number of benzene rings is 3. The number of carboxylic acids is 1. The zero-order valence-corrected chi connectivity index (χ0v) is 19.6. The van der Waals surface area contributed by atoms with Crippen LogP contribution in [-0.2, 0) is 21.6 Å². The van der Waals surface area contributed by atoms with Crippen LogP contribution in [0, 0.1) is 13.8 Å². The molecule has 6 heteroatoms. The lowest BCUT2D eigenvalue weighted by molar-refractivity contribution is -0.168. The molecule has 34 heavy (non-hydrogen) atoms. The summed E-state index contributed by atoms with van der Waals surface area (Å²) < 4.78 is 12.2. The molecule has 0 aliphatic heterocycles. The molecular formula is C28H28N2O4. The Kier molecular flexibility index (Phi) is 6.89. The Bertz CT molecular complexity index is 1270. The summed E-state index contributed by atoms with van der Waals surface area (Å²) >= 11 is 0. The molecule has 1 N–H and O–H groups in total. The van der Waals surface area contributed by atoms with Crippen molar-refractivity contribution >= 4 is 16.7 Å². The van der Waals surface area contributed by atoms with E-state index < -0.39 is 17.7 Å². The van der Waals surface area contributed by atoms with Crippen molar-refractivity contribution in [2.24, 2.45) is 0 Å². The third-order valence-electron chi connectivity index (χ3n) is 5.86. The fraction of sp³-hybridized carbons (Fsp3) is 0.250. The Morgan fingerprint density at radius 3 is 2.24 bits per heavy atom. The molecule has 1 aromatic heterocycles. The van der Waals surface area contributed by atoms with Crippen LogP contribution in [0.15, 0.2) is 78.9 Å². The molecular weight excluding hydrogens is 428 g/mol. The largest absolute Gasteiger partial charge is 0.478 e. The summed E-state index contributed by atoms with van der Waals surface area (Å²) in [6.07, 6.45) is -0.729. The minimum absolute atomic E-state index is 0.0187. The number of hydrogen-bond acceptors (Lipinski definition) is 5. The number of aliphatic carboxylic acids is 1. The maximum Gasteiger partial charge on any atom is 0.348 e. The van der Waals surface area contributed by atoms with Gasteiger partial charge in [-0.1, -0.05) is 72.8 Å². The smallest absolute Gasteiger partial charge is 0.348 e. The Balaban J connectivity index is 1.60. The minimum atomic E-state index is -1.35. The number of rotatable bonds is 9. The summed E-state index contributed by atoms with van der Waals surface area (Å²) in [5.74, 6) is -1.15. The van der Waals surface area contributed by atoms with E-state index in [0.717, 1.165) is 10.9 Å². The first-order chi connectivity index (χ1) is 16.3. The molecule has 0 saturated carbocycles. The molecule has 2 atom stereocenters. The van der Waals surface area contributed by atoms with Crippen LogP contribution in [0.5, 0.6) is 6.01 Å².